The van der Waals surface area contributed by atoms with Gasteiger partial charge in [0.25, 0.3) is 0 Å². The highest BCUT2D eigenvalue weighted by molar-refractivity contribution is 5.90. The fourth-order valence-corrected chi connectivity index (χ4v) is 4.07. The molecule has 3 rings (SSSR count). The number of aliphatic carboxylic acids is 1. The molecule has 0 unspecified atom stereocenters. The fourth-order valence-electron chi connectivity index (χ4n) is 4.07. The summed E-state index contributed by atoms with van der Waals surface area (Å²) in [5.41, 5.74) is 3.66. The van der Waals surface area contributed by atoms with E-state index < -0.39 is 42.1 Å². The van der Waals surface area contributed by atoms with Crippen molar-refractivity contribution in [2.24, 2.45) is 5.41 Å². The molecule has 4 N–H and O–H groups in total. The van der Waals surface area contributed by atoms with E-state index in [4.69, 9.17) is 9.84 Å². The van der Waals surface area contributed by atoms with Crippen LogP contribution in [0, 0.1) is 5.41 Å². The van der Waals surface area contributed by atoms with Gasteiger partial charge in [0.15, 0.2) is 0 Å². The molecular weight excluding hydrogens is 424 g/mol. The van der Waals surface area contributed by atoms with E-state index in [-0.39, 0.29) is 18.9 Å². The van der Waals surface area contributed by atoms with Crippen molar-refractivity contribution in [3.63, 3.8) is 0 Å². The number of benzene rings is 2. The first-order chi connectivity index (χ1) is 15.6. The van der Waals surface area contributed by atoms with Crippen molar-refractivity contribution in [2.75, 3.05) is 13.2 Å². The standard InChI is InChI=1S/C25H30N2O6/c1-25(2,3)21(22(29)26-20(12-13-28)23(30)31)27-24(32)33-14-19-17-10-6-4-8-15(17)16-9-5-7-11-18(16)19/h4-11,19-21,28H,12-14H2,1-3H3,(H,26,29)(H,27,32)(H,30,31)/t20-,21+/m0/s1. The molecule has 0 saturated heterocycles. The predicted molar refractivity (Wildman–Crippen MR) is 123 cm³/mol. The summed E-state index contributed by atoms with van der Waals surface area (Å²) >= 11 is 0. The second-order valence-corrected chi connectivity index (χ2v) is 9.18. The Morgan fingerprint density at radius 3 is 2.00 bits per heavy atom. The molecule has 33 heavy (non-hydrogen) atoms. The van der Waals surface area contributed by atoms with Gasteiger partial charge in [0.05, 0.1) is 0 Å². The first-order valence-corrected chi connectivity index (χ1v) is 10.9. The average molecular weight is 455 g/mol. The zero-order chi connectivity index (χ0) is 24.2. The van der Waals surface area contributed by atoms with Crippen LogP contribution < -0.4 is 10.6 Å². The van der Waals surface area contributed by atoms with Gasteiger partial charge in [0.1, 0.15) is 18.7 Å². The van der Waals surface area contributed by atoms with Crippen LogP contribution >= 0.6 is 0 Å². The number of hydrogen-bond donors (Lipinski definition) is 4. The van der Waals surface area contributed by atoms with E-state index >= 15 is 0 Å². The Balaban J connectivity index is 1.69. The van der Waals surface area contributed by atoms with Crippen molar-refractivity contribution >= 4 is 18.0 Å². The van der Waals surface area contributed by atoms with Gasteiger partial charge >= 0.3 is 12.1 Å². The largest absolute Gasteiger partial charge is 0.480 e. The number of aliphatic hydroxyl groups excluding tert-OH is 1. The van der Waals surface area contributed by atoms with E-state index in [1.165, 1.54) is 0 Å². The zero-order valence-electron chi connectivity index (χ0n) is 19.0. The lowest BCUT2D eigenvalue weighted by atomic mass is 9.86. The van der Waals surface area contributed by atoms with Gasteiger partial charge < -0.3 is 25.6 Å². The summed E-state index contributed by atoms with van der Waals surface area (Å²) in [7, 11) is 0. The molecule has 0 aliphatic heterocycles. The van der Waals surface area contributed by atoms with Crippen molar-refractivity contribution in [1.82, 2.24) is 10.6 Å². The lowest BCUT2D eigenvalue weighted by Gasteiger charge is -2.31. The summed E-state index contributed by atoms with van der Waals surface area (Å²) in [5.74, 6) is -2.03. The summed E-state index contributed by atoms with van der Waals surface area (Å²) < 4.78 is 5.53. The van der Waals surface area contributed by atoms with Crippen LogP contribution in [0.3, 0.4) is 0 Å². The van der Waals surface area contributed by atoms with Gasteiger partial charge in [-0.2, -0.15) is 0 Å². The maximum absolute atomic E-state index is 12.8. The third kappa shape index (κ3) is 5.51. The van der Waals surface area contributed by atoms with E-state index in [9.17, 15) is 19.5 Å². The van der Waals surface area contributed by atoms with Crippen LogP contribution in [0.1, 0.15) is 44.2 Å². The number of ether oxygens (including phenoxy) is 1. The van der Waals surface area contributed by atoms with Crippen molar-refractivity contribution in [2.45, 2.75) is 45.2 Å². The number of nitrogens with one attached hydrogen (secondary N) is 2. The molecule has 2 aromatic rings. The number of rotatable bonds is 8. The molecule has 8 heteroatoms. The van der Waals surface area contributed by atoms with Gasteiger partial charge in [-0.3, -0.25) is 4.79 Å². The molecule has 0 aromatic heterocycles. The van der Waals surface area contributed by atoms with Crippen molar-refractivity contribution in [3.05, 3.63) is 59.7 Å². The molecule has 2 aromatic carbocycles. The number of aliphatic hydroxyl groups is 1. The normalized spacial score (nSPS) is 14.5. The van der Waals surface area contributed by atoms with Gasteiger partial charge in [-0.15, -0.1) is 0 Å². The molecule has 1 aliphatic carbocycles. The average Bonchev–Trinajstić information content (AvgIpc) is 3.08. The van der Waals surface area contributed by atoms with Crippen LogP contribution in [0.25, 0.3) is 11.1 Å². The third-order valence-electron chi connectivity index (χ3n) is 5.77. The summed E-state index contributed by atoms with van der Waals surface area (Å²) in [6.45, 7) is 4.96. The molecule has 1 aliphatic rings. The van der Waals surface area contributed by atoms with E-state index in [1.807, 2.05) is 48.5 Å². The van der Waals surface area contributed by atoms with Crippen LogP contribution in [-0.4, -0.2) is 53.5 Å². The molecule has 2 atom stereocenters. The number of alkyl carbamates (subject to hydrolysis) is 1. The van der Waals surface area contributed by atoms with Crippen LogP contribution in [-0.2, 0) is 14.3 Å². The molecule has 176 valence electrons. The summed E-state index contributed by atoms with van der Waals surface area (Å²) in [6, 6.07) is 13.7. The molecule has 2 amide bonds. The van der Waals surface area contributed by atoms with Crippen molar-refractivity contribution < 1.29 is 29.3 Å². The molecule has 0 spiro atoms. The Bertz CT molecular complexity index is 984. The first-order valence-electron chi connectivity index (χ1n) is 10.9. The van der Waals surface area contributed by atoms with Crippen molar-refractivity contribution in [3.8, 4) is 11.1 Å². The van der Waals surface area contributed by atoms with Crippen LogP contribution in [0.15, 0.2) is 48.5 Å². The predicted octanol–water partition coefficient (Wildman–Crippen LogP) is 2.89. The fraction of sp³-hybridized carbons (Fsp3) is 0.400. The van der Waals surface area contributed by atoms with E-state index in [2.05, 4.69) is 10.6 Å². The number of carboxylic acid groups (broad SMARTS) is 1. The Labute approximate surface area is 193 Å². The zero-order valence-corrected chi connectivity index (χ0v) is 19.0. The maximum Gasteiger partial charge on any atom is 0.407 e. The number of fused-ring (bicyclic) bond motifs is 3. The minimum absolute atomic E-state index is 0.0978. The molecule has 0 saturated carbocycles. The van der Waals surface area contributed by atoms with E-state index in [1.54, 1.807) is 20.8 Å². The number of amides is 2. The quantitative estimate of drug-likeness (QED) is 0.486. The molecular formula is C25H30N2O6. The van der Waals surface area contributed by atoms with Gasteiger partial charge in [-0.1, -0.05) is 69.3 Å². The Morgan fingerprint density at radius 2 is 1.52 bits per heavy atom. The molecule has 0 fully saturated rings. The summed E-state index contributed by atoms with van der Waals surface area (Å²) in [4.78, 5) is 36.8. The SMILES string of the molecule is CC(C)(C)[C@H](NC(=O)OCC1c2ccccc2-c2ccccc21)C(=O)N[C@@H](CCO)C(=O)O. The number of carboxylic acids is 1. The highest BCUT2D eigenvalue weighted by Gasteiger charge is 2.36. The van der Waals surface area contributed by atoms with Gasteiger partial charge in [0, 0.05) is 18.9 Å². The second-order valence-electron chi connectivity index (χ2n) is 9.18. The number of carbonyl (C=O) groups is 3. The number of carbonyl (C=O) groups excluding carboxylic acids is 2. The minimum atomic E-state index is -1.26. The lowest BCUT2D eigenvalue weighted by Crippen LogP contribution is -2.56. The molecule has 8 nitrogen and oxygen atoms in total. The summed E-state index contributed by atoms with van der Waals surface area (Å²) in [6.07, 6.45) is -0.899. The van der Waals surface area contributed by atoms with Gasteiger partial charge in [-0.25, -0.2) is 9.59 Å². The maximum atomic E-state index is 12.8. The second kappa shape index (κ2) is 10.0. The first kappa shape index (κ1) is 24.3. The Morgan fingerprint density at radius 1 is 0.970 bits per heavy atom. The Kier molecular flexibility index (Phi) is 7.38. The van der Waals surface area contributed by atoms with Crippen molar-refractivity contribution in [1.29, 1.82) is 0 Å². The monoisotopic (exact) mass is 454 g/mol. The van der Waals surface area contributed by atoms with E-state index in [0.29, 0.717) is 0 Å². The molecule has 0 heterocycles. The minimum Gasteiger partial charge on any atom is -0.480 e. The number of hydrogen-bond acceptors (Lipinski definition) is 5. The van der Waals surface area contributed by atoms with Gasteiger partial charge in [-0.05, 0) is 27.7 Å². The smallest absolute Gasteiger partial charge is 0.407 e. The third-order valence-corrected chi connectivity index (χ3v) is 5.77. The molecule has 0 bridgehead atoms. The van der Waals surface area contributed by atoms with Crippen LogP contribution in [0.5, 0.6) is 0 Å². The van der Waals surface area contributed by atoms with Gasteiger partial charge in [0.2, 0.25) is 5.91 Å². The lowest BCUT2D eigenvalue weighted by molar-refractivity contribution is -0.143. The Hall–Kier alpha value is -3.39. The van der Waals surface area contributed by atoms with Crippen LogP contribution in [0.2, 0.25) is 0 Å². The molecule has 0 radical (unpaired) electrons. The van der Waals surface area contributed by atoms with E-state index in [0.717, 1.165) is 22.3 Å². The summed E-state index contributed by atoms with van der Waals surface area (Å²) in [5, 5.41) is 23.3. The van der Waals surface area contributed by atoms with Crippen LogP contribution in [0.4, 0.5) is 4.79 Å². The highest BCUT2D eigenvalue weighted by atomic mass is 16.5. The highest BCUT2D eigenvalue weighted by Crippen LogP contribution is 2.44. The topological polar surface area (TPSA) is 125 Å².